The average Bonchev–Trinajstić information content (AvgIpc) is 2.83. The van der Waals surface area contributed by atoms with Gasteiger partial charge in [-0.3, -0.25) is 13.8 Å². The number of piperidine rings is 1. The third-order valence-electron chi connectivity index (χ3n) is 4.78. The first-order chi connectivity index (χ1) is 11.5. The zero-order valence-electron chi connectivity index (χ0n) is 13.0. The van der Waals surface area contributed by atoms with Crippen molar-refractivity contribution in [1.82, 2.24) is 9.62 Å². The summed E-state index contributed by atoms with van der Waals surface area (Å²) in [5, 5.41) is 9.92. The van der Waals surface area contributed by atoms with Crippen LogP contribution < -0.4 is 9.03 Å². The molecule has 3 unspecified atom stereocenters. The van der Waals surface area contributed by atoms with E-state index in [-0.39, 0.29) is 23.5 Å². The van der Waals surface area contributed by atoms with Crippen molar-refractivity contribution >= 4 is 22.8 Å². The lowest BCUT2D eigenvalue weighted by molar-refractivity contribution is -0.117. The van der Waals surface area contributed by atoms with E-state index in [1.807, 2.05) is 0 Å². The molecule has 24 heavy (non-hydrogen) atoms. The van der Waals surface area contributed by atoms with Crippen LogP contribution in [0.2, 0.25) is 0 Å². The van der Waals surface area contributed by atoms with E-state index in [0.29, 0.717) is 17.8 Å². The minimum Gasteiger partial charge on any atom is -0.506 e. The molecule has 0 spiro atoms. The van der Waals surface area contributed by atoms with Gasteiger partial charge in [0.25, 0.3) is 5.91 Å². The number of anilines is 1. The Morgan fingerprint density at radius 3 is 2.71 bits per heavy atom. The zero-order valence-corrected chi connectivity index (χ0v) is 13.8. The number of phenols is 1. The highest BCUT2D eigenvalue weighted by Crippen LogP contribution is 2.50. The number of fused-ring (bicyclic) bond motifs is 1. The molecule has 2 saturated heterocycles. The lowest BCUT2D eigenvalue weighted by atomic mass is 10.1. The second kappa shape index (κ2) is 5.46. The summed E-state index contributed by atoms with van der Waals surface area (Å²) in [5.74, 6) is 5.78. The topological polar surface area (TPSA) is 72.9 Å². The maximum Gasteiger partial charge on any atom is 0.253 e. The number of hydrogen-bond donors (Lipinski definition) is 2. The first-order valence-electron chi connectivity index (χ1n) is 7.66. The van der Waals surface area contributed by atoms with Gasteiger partial charge >= 0.3 is 0 Å². The molecular weight excluding hydrogens is 333 g/mol. The molecule has 1 aromatic carbocycles. The molecule has 0 radical (unpaired) electrons. The fourth-order valence-corrected chi connectivity index (χ4v) is 4.48. The molecule has 6 nitrogen and oxygen atoms in total. The molecule has 2 aliphatic heterocycles. The van der Waals surface area contributed by atoms with Crippen molar-refractivity contribution in [1.29, 1.82) is 0 Å². The highest BCUT2D eigenvalue weighted by Gasteiger charge is 2.54. The lowest BCUT2D eigenvalue weighted by Gasteiger charge is -2.16. The highest BCUT2D eigenvalue weighted by atomic mass is 32.2. The van der Waals surface area contributed by atoms with Gasteiger partial charge in [0, 0.05) is 19.0 Å². The van der Waals surface area contributed by atoms with Crippen molar-refractivity contribution < 1.29 is 18.5 Å². The summed E-state index contributed by atoms with van der Waals surface area (Å²) >= 11 is -1.90. The van der Waals surface area contributed by atoms with E-state index in [2.05, 4.69) is 28.5 Å². The summed E-state index contributed by atoms with van der Waals surface area (Å²) in [6, 6.07) is 2.71. The molecule has 2 heterocycles. The second-order valence-electron chi connectivity index (χ2n) is 6.45. The molecule has 4 rings (SSSR count). The molecule has 3 fully saturated rings. The lowest BCUT2D eigenvalue weighted by Crippen LogP contribution is -2.23. The van der Waals surface area contributed by atoms with Crippen LogP contribution in [0.15, 0.2) is 12.1 Å². The summed E-state index contributed by atoms with van der Waals surface area (Å²) in [7, 11) is 2.08. The van der Waals surface area contributed by atoms with Crippen LogP contribution in [0.3, 0.4) is 0 Å². The Bertz CT molecular complexity index is 807. The molecule has 126 valence electrons. The van der Waals surface area contributed by atoms with Crippen LogP contribution in [0, 0.1) is 35.4 Å². The number of carbonyl (C=O) groups is 1. The van der Waals surface area contributed by atoms with E-state index in [4.69, 9.17) is 0 Å². The van der Waals surface area contributed by atoms with E-state index in [1.54, 1.807) is 0 Å². The van der Waals surface area contributed by atoms with Gasteiger partial charge < -0.3 is 10.0 Å². The molecule has 2 N–H and O–H groups in total. The number of rotatable bonds is 1. The van der Waals surface area contributed by atoms with Gasteiger partial charge in [-0.15, -0.1) is 0 Å². The van der Waals surface area contributed by atoms with Crippen molar-refractivity contribution in [2.75, 3.05) is 31.0 Å². The molecule has 8 heteroatoms. The summed E-state index contributed by atoms with van der Waals surface area (Å²) in [6.45, 7) is 1.77. The van der Waals surface area contributed by atoms with Crippen LogP contribution in [0.25, 0.3) is 0 Å². The highest BCUT2D eigenvalue weighted by molar-refractivity contribution is 7.85. The van der Waals surface area contributed by atoms with Crippen LogP contribution in [0.5, 0.6) is 5.75 Å². The van der Waals surface area contributed by atoms with Crippen molar-refractivity contribution in [3.05, 3.63) is 23.5 Å². The number of hydrogen-bond acceptors (Lipinski definition) is 4. The van der Waals surface area contributed by atoms with Crippen molar-refractivity contribution in [2.45, 2.75) is 0 Å². The van der Waals surface area contributed by atoms with Gasteiger partial charge in [0.1, 0.15) is 18.0 Å². The Labute approximate surface area is 141 Å². The van der Waals surface area contributed by atoms with Gasteiger partial charge in [-0.2, -0.15) is 0 Å². The Kier molecular flexibility index (Phi) is 3.51. The van der Waals surface area contributed by atoms with Gasteiger partial charge in [-0.1, -0.05) is 11.8 Å². The predicted molar refractivity (Wildman–Crippen MR) is 86.5 cm³/mol. The van der Waals surface area contributed by atoms with E-state index in [0.717, 1.165) is 17.4 Å². The third-order valence-corrected chi connectivity index (χ3v) is 5.90. The fraction of sp³-hybridized carbons (Fsp3) is 0.438. The van der Waals surface area contributed by atoms with Crippen LogP contribution in [0.4, 0.5) is 10.1 Å². The van der Waals surface area contributed by atoms with Crippen molar-refractivity contribution in [3.63, 3.8) is 0 Å². The van der Waals surface area contributed by atoms with Gasteiger partial charge in [0.2, 0.25) is 11.2 Å². The van der Waals surface area contributed by atoms with Gasteiger partial charge in [0.05, 0.1) is 5.56 Å². The number of benzene rings is 1. The van der Waals surface area contributed by atoms with Crippen molar-refractivity contribution in [3.8, 4) is 17.6 Å². The standard InChI is InChI=1S/C16H16FN3O3S/c1-19-6-11-10(12(11)7-19)4-2-9-3-5-13(21)16(15(9)17)20-8-14(22)18-24(20)23/h3,5,10-12,21H,6-8H2,1H3,(H,18,22). The normalized spacial score (nSPS) is 31.4. The summed E-state index contributed by atoms with van der Waals surface area (Å²) in [6.07, 6.45) is 0. The number of halogens is 1. The number of phenolic OH excluding ortho intramolecular Hbond substituents is 1. The summed E-state index contributed by atoms with van der Waals surface area (Å²) < 4.78 is 29.7. The molecular formula is C16H16FN3O3S. The quantitative estimate of drug-likeness (QED) is 0.711. The van der Waals surface area contributed by atoms with E-state index < -0.39 is 22.9 Å². The smallest absolute Gasteiger partial charge is 0.253 e. The molecule has 1 saturated carbocycles. The van der Waals surface area contributed by atoms with Crippen LogP contribution in [-0.4, -0.2) is 46.8 Å². The van der Waals surface area contributed by atoms with Crippen LogP contribution >= 0.6 is 0 Å². The first-order valence-corrected chi connectivity index (χ1v) is 8.77. The molecule has 0 aromatic heterocycles. The molecule has 3 atom stereocenters. The van der Waals surface area contributed by atoms with Crippen molar-refractivity contribution in [2.24, 2.45) is 17.8 Å². The van der Waals surface area contributed by atoms with E-state index in [9.17, 15) is 18.5 Å². The third kappa shape index (κ3) is 2.44. The summed E-state index contributed by atoms with van der Waals surface area (Å²) in [5.41, 5.74) is -0.119. The number of amides is 1. The minimum absolute atomic E-state index is 0.137. The predicted octanol–water partition coefficient (Wildman–Crippen LogP) is 0.205. The summed E-state index contributed by atoms with van der Waals surface area (Å²) in [4.78, 5) is 13.6. The average molecular weight is 349 g/mol. The van der Waals surface area contributed by atoms with Gasteiger partial charge in [-0.05, 0) is 31.0 Å². The maximum absolute atomic E-state index is 14.7. The second-order valence-corrected chi connectivity index (χ2v) is 7.59. The number of aromatic hydroxyl groups is 1. The number of nitrogens with one attached hydrogen (secondary N) is 1. The first kappa shape index (κ1) is 15.4. The van der Waals surface area contributed by atoms with E-state index in [1.165, 1.54) is 12.1 Å². The Balaban J connectivity index is 1.61. The van der Waals surface area contributed by atoms with Crippen LogP contribution in [-0.2, 0) is 16.0 Å². The number of nitrogens with zero attached hydrogens (tertiary/aromatic N) is 2. The monoisotopic (exact) mass is 349 g/mol. The SMILES string of the molecule is CN1CC2C(C#Cc3ccc(O)c(N4CC(=O)NS4=O)c3F)C2C1. The largest absolute Gasteiger partial charge is 0.506 e. The molecule has 1 amide bonds. The Morgan fingerprint density at radius 2 is 2.08 bits per heavy atom. The molecule has 3 aliphatic rings. The Morgan fingerprint density at radius 1 is 1.38 bits per heavy atom. The fourth-order valence-electron chi connectivity index (χ4n) is 3.54. The number of likely N-dealkylation sites (tertiary alicyclic amines) is 1. The minimum atomic E-state index is -1.90. The molecule has 0 bridgehead atoms. The van der Waals surface area contributed by atoms with E-state index >= 15 is 0 Å². The maximum atomic E-state index is 14.7. The zero-order chi connectivity index (χ0) is 17.0. The van der Waals surface area contributed by atoms with Gasteiger partial charge in [-0.25, -0.2) is 8.60 Å². The Hall–Kier alpha value is -2.11. The van der Waals surface area contributed by atoms with Gasteiger partial charge in [0.15, 0.2) is 5.82 Å². The van der Waals surface area contributed by atoms with Crippen LogP contribution in [0.1, 0.15) is 5.56 Å². The molecule has 1 aromatic rings. The molecule has 1 aliphatic carbocycles. The number of carbonyl (C=O) groups excluding carboxylic acids is 1.